The number of nitrogens with two attached hydrogens (primary N) is 1. The summed E-state index contributed by atoms with van der Waals surface area (Å²) in [7, 11) is 0. The third kappa shape index (κ3) is 3.99. The van der Waals surface area contributed by atoms with Gasteiger partial charge in [-0.2, -0.15) is 0 Å². The Balaban J connectivity index is 0.00000169. The quantitative estimate of drug-likeness (QED) is 0.839. The van der Waals surface area contributed by atoms with Gasteiger partial charge in [0.1, 0.15) is 5.75 Å². The zero-order chi connectivity index (χ0) is 9.68. The molecule has 1 rings (SSSR count). The van der Waals surface area contributed by atoms with Gasteiger partial charge in [-0.15, -0.1) is 12.4 Å². The number of hydrogen-bond donors (Lipinski definition) is 1. The Kier molecular flexibility index (Phi) is 6.34. The minimum absolute atomic E-state index is 0. The van der Waals surface area contributed by atoms with Gasteiger partial charge in [0.15, 0.2) is 0 Å². The SMILES string of the molecule is CCC(C)Oc1cccc(CN)c1.Cl. The average Bonchev–Trinajstić information content (AvgIpc) is 2.18. The highest BCUT2D eigenvalue weighted by Gasteiger charge is 2.00. The van der Waals surface area contributed by atoms with Crippen molar-refractivity contribution in [2.75, 3.05) is 0 Å². The van der Waals surface area contributed by atoms with Gasteiger partial charge in [0.2, 0.25) is 0 Å². The first kappa shape index (κ1) is 13.3. The molecule has 0 aliphatic heterocycles. The molecule has 0 saturated heterocycles. The van der Waals surface area contributed by atoms with Crippen molar-refractivity contribution in [1.82, 2.24) is 0 Å². The molecule has 2 N–H and O–H groups in total. The molecule has 1 aromatic carbocycles. The number of rotatable bonds is 4. The van der Waals surface area contributed by atoms with Crippen molar-refractivity contribution in [1.29, 1.82) is 0 Å². The van der Waals surface area contributed by atoms with Crippen LogP contribution in [-0.2, 0) is 6.54 Å². The first-order chi connectivity index (χ1) is 6.26. The molecular formula is C11H18ClNO. The molecule has 2 nitrogen and oxygen atoms in total. The van der Waals surface area contributed by atoms with E-state index >= 15 is 0 Å². The van der Waals surface area contributed by atoms with E-state index in [4.69, 9.17) is 10.5 Å². The Labute approximate surface area is 91.9 Å². The molecule has 0 aliphatic rings. The maximum Gasteiger partial charge on any atom is 0.120 e. The normalized spacial score (nSPS) is 11.6. The van der Waals surface area contributed by atoms with E-state index in [-0.39, 0.29) is 18.5 Å². The van der Waals surface area contributed by atoms with Gasteiger partial charge in [-0.05, 0) is 31.0 Å². The summed E-state index contributed by atoms with van der Waals surface area (Å²) in [5.74, 6) is 0.914. The van der Waals surface area contributed by atoms with Gasteiger partial charge in [0, 0.05) is 6.54 Å². The number of ether oxygens (including phenoxy) is 1. The van der Waals surface area contributed by atoms with Crippen molar-refractivity contribution in [3.05, 3.63) is 29.8 Å². The van der Waals surface area contributed by atoms with E-state index in [9.17, 15) is 0 Å². The van der Waals surface area contributed by atoms with Crippen molar-refractivity contribution in [2.45, 2.75) is 32.9 Å². The topological polar surface area (TPSA) is 35.2 Å². The van der Waals surface area contributed by atoms with Crippen LogP contribution in [0, 0.1) is 0 Å². The van der Waals surface area contributed by atoms with Crippen molar-refractivity contribution in [2.24, 2.45) is 5.73 Å². The molecule has 0 spiro atoms. The van der Waals surface area contributed by atoms with E-state index < -0.39 is 0 Å². The Bertz CT molecular complexity index is 265. The minimum atomic E-state index is 0. The molecule has 0 aromatic heterocycles. The fourth-order valence-electron chi connectivity index (χ4n) is 1.06. The van der Waals surface area contributed by atoms with Crippen LogP contribution in [0.4, 0.5) is 0 Å². The highest BCUT2D eigenvalue weighted by atomic mass is 35.5. The molecule has 0 saturated carbocycles. The van der Waals surface area contributed by atoms with E-state index in [1.807, 2.05) is 24.3 Å². The highest BCUT2D eigenvalue weighted by Crippen LogP contribution is 2.15. The lowest BCUT2D eigenvalue weighted by molar-refractivity contribution is 0.217. The second kappa shape index (κ2) is 6.68. The van der Waals surface area contributed by atoms with Crippen LogP contribution in [0.5, 0.6) is 5.75 Å². The third-order valence-corrected chi connectivity index (χ3v) is 2.05. The molecular weight excluding hydrogens is 198 g/mol. The zero-order valence-corrected chi connectivity index (χ0v) is 9.51. The van der Waals surface area contributed by atoms with Gasteiger partial charge < -0.3 is 10.5 Å². The van der Waals surface area contributed by atoms with Gasteiger partial charge in [0.05, 0.1) is 6.10 Å². The molecule has 0 heterocycles. The van der Waals surface area contributed by atoms with E-state index in [1.165, 1.54) is 0 Å². The van der Waals surface area contributed by atoms with Crippen LogP contribution in [0.3, 0.4) is 0 Å². The van der Waals surface area contributed by atoms with Crippen molar-refractivity contribution < 1.29 is 4.74 Å². The molecule has 0 bridgehead atoms. The molecule has 0 aliphatic carbocycles. The van der Waals surface area contributed by atoms with Crippen LogP contribution in [0.25, 0.3) is 0 Å². The fourth-order valence-corrected chi connectivity index (χ4v) is 1.06. The molecule has 80 valence electrons. The Morgan fingerprint density at radius 3 is 2.71 bits per heavy atom. The summed E-state index contributed by atoms with van der Waals surface area (Å²) in [5.41, 5.74) is 6.64. The summed E-state index contributed by atoms with van der Waals surface area (Å²) >= 11 is 0. The first-order valence-electron chi connectivity index (χ1n) is 4.72. The van der Waals surface area contributed by atoms with E-state index in [0.29, 0.717) is 6.54 Å². The Hall–Kier alpha value is -0.730. The fraction of sp³-hybridized carbons (Fsp3) is 0.455. The van der Waals surface area contributed by atoms with E-state index in [1.54, 1.807) is 0 Å². The van der Waals surface area contributed by atoms with Gasteiger partial charge in [-0.25, -0.2) is 0 Å². The van der Waals surface area contributed by atoms with Crippen LogP contribution in [0.2, 0.25) is 0 Å². The van der Waals surface area contributed by atoms with Gasteiger partial charge >= 0.3 is 0 Å². The lowest BCUT2D eigenvalue weighted by Crippen LogP contribution is -2.10. The average molecular weight is 216 g/mol. The molecule has 14 heavy (non-hydrogen) atoms. The first-order valence-corrected chi connectivity index (χ1v) is 4.72. The largest absolute Gasteiger partial charge is 0.491 e. The monoisotopic (exact) mass is 215 g/mol. The number of halogens is 1. The second-order valence-electron chi connectivity index (χ2n) is 3.19. The molecule has 1 unspecified atom stereocenters. The van der Waals surface area contributed by atoms with Crippen LogP contribution in [-0.4, -0.2) is 6.10 Å². The smallest absolute Gasteiger partial charge is 0.120 e. The van der Waals surface area contributed by atoms with Crippen molar-refractivity contribution in [3.8, 4) is 5.75 Å². The molecule has 0 amide bonds. The molecule has 3 heteroatoms. The second-order valence-corrected chi connectivity index (χ2v) is 3.19. The maximum absolute atomic E-state index is 5.65. The molecule has 1 aromatic rings. The van der Waals surface area contributed by atoms with E-state index in [0.717, 1.165) is 17.7 Å². The molecule has 0 radical (unpaired) electrons. The van der Waals surface area contributed by atoms with Crippen LogP contribution in [0.15, 0.2) is 24.3 Å². The molecule has 1 atom stereocenters. The van der Waals surface area contributed by atoms with E-state index in [2.05, 4.69) is 13.8 Å². The lowest BCUT2D eigenvalue weighted by Gasteiger charge is -2.12. The summed E-state index contributed by atoms with van der Waals surface area (Å²) in [6.45, 7) is 4.74. The maximum atomic E-state index is 5.65. The summed E-state index contributed by atoms with van der Waals surface area (Å²) in [6.07, 6.45) is 1.29. The predicted molar refractivity (Wildman–Crippen MR) is 62.0 cm³/mol. The van der Waals surface area contributed by atoms with Gasteiger partial charge in [-0.1, -0.05) is 19.1 Å². The Morgan fingerprint density at radius 2 is 2.14 bits per heavy atom. The van der Waals surface area contributed by atoms with Crippen LogP contribution < -0.4 is 10.5 Å². The Morgan fingerprint density at radius 1 is 1.43 bits per heavy atom. The summed E-state index contributed by atoms with van der Waals surface area (Å²) in [5, 5.41) is 0. The van der Waals surface area contributed by atoms with Gasteiger partial charge in [0.25, 0.3) is 0 Å². The zero-order valence-electron chi connectivity index (χ0n) is 8.69. The number of benzene rings is 1. The van der Waals surface area contributed by atoms with Crippen LogP contribution in [0.1, 0.15) is 25.8 Å². The summed E-state index contributed by atoms with van der Waals surface area (Å²) in [4.78, 5) is 0. The highest BCUT2D eigenvalue weighted by molar-refractivity contribution is 5.85. The molecule has 0 fully saturated rings. The standard InChI is InChI=1S/C11H17NO.ClH/c1-3-9(2)13-11-6-4-5-10(7-11)8-12;/h4-7,9H,3,8,12H2,1-2H3;1H. The van der Waals surface area contributed by atoms with Crippen LogP contribution >= 0.6 is 12.4 Å². The lowest BCUT2D eigenvalue weighted by atomic mass is 10.2. The minimum Gasteiger partial charge on any atom is -0.491 e. The predicted octanol–water partition coefficient (Wildman–Crippen LogP) is 2.74. The summed E-state index contributed by atoms with van der Waals surface area (Å²) < 4.78 is 5.65. The summed E-state index contributed by atoms with van der Waals surface area (Å²) in [6, 6.07) is 7.93. The van der Waals surface area contributed by atoms with Gasteiger partial charge in [-0.3, -0.25) is 0 Å². The number of hydrogen-bond acceptors (Lipinski definition) is 2. The van der Waals surface area contributed by atoms with Crippen molar-refractivity contribution >= 4 is 12.4 Å². The van der Waals surface area contributed by atoms with Crippen molar-refractivity contribution in [3.63, 3.8) is 0 Å². The third-order valence-electron chi connectivity index (χ3n) is 2.05.